The minimum absolute atomic E-state index is 0.0114. The van der Waals surface area contributed by atoms with E-state index in [1.54, 1.807) is 0 Å². The Morgan fingerprint density at radius 1 is 1.42 bits per heavy atom. The summed E-state index contributed by atoms with van der Waals surface area (Å²) in [6.07, 6.45) is 4.31. The van der Waals surface area contributed by atoms with Gasteiger partial charge in [0.25, 0.3) is 0 Å². The molecule has 0 unspecified atom stereocenters. The number of hydrogen-bond donors (Lipinski definition) is 0. The molecule has 1 aliphatic rings. The lowest BCUT2D eigenvalue weighted by Crippen LogP contribution is -2.27. The Balaban J connectivity index is 2.13. The minimum atomic E-state index is -0.391. The van der Waals surface area contributed by atoms with Gasteiger partial charge in [-0.05, 0) is 32.6 Å². The molecule has 1 aromatic heterocycles. The number of Topliss-reactive ketones (excluding diaryl/α,β-unsaturated/α-hetero) is 1. The number of hydrogen-bond acceptors (Lipinski definition) is 5. The van der Waals surface area contributed by atoms with Crippen molar-refractivity contribution in [3.63, 3.8) is 0 Å². The minimum Gasteiger partial charge on any atom is -0.367 e. The van der Waals surface area contributed by atoms with Crippen molar-refractivity contribution in [1.29, 1.82) is 0 Å². The van der Waals surface area contributed by atoms with Crippen LogP contribution >= 0.6 is 0 Å². The lowest BCUT2D eigenvalue weighted by molar-refractivity contribution is -0.121. The van der Waals surface area contributed by atoms with Gasteiger partial charge in [-0.25, -0.2) is 0 Å². The summed E-state index contributed by atoms with van der Waals surface area (Å²) < 4.78 is 11.1. The Bertz CT molecular complexity index is 434. The average molecular weight is 266 g/mol. The topological polar surface area (TPSA) is 65.2 Å². The van der Waals surface area contributed by atoms with Gasteiger partial charge in [0, 0.05) is 12.5 Å². The highest BCUT2D eigenvalue weighted by Crippen LogP contribution is 2.40. The zero-order valence-electron chi connectivity index (χ0n) is 11.9. The molecule has 0 radical (unpaired) electrons. The maximum atomic E-state index is 11.7. The van der Waals surface area contributed by atoms with Crippen LogP contribution in [0.25, 0.3) is 0 Å². The number of aromatic nitrogens is 2. The van der Waals surface area contributed by atoms with Crippen LogP contribution in [-0.2, 0) is 21.6 Å². The lowest BCUT2D eigenvalue weighted by atomic mass is 10.0. The first-order valence-corrected chi connectivity index (χ1v) is 7.07. The van der Waals surface area contributed by atoms with E-state index in [1.807, 2.05) is 20.8 Å². The Morgan fingerprint density at radius 2 is 2.11 bits per heavy atom. The van der Waals surface area contributed by atoms with Gasteiger partial charge in [0.1, 0.15) is 11.4 Å². The number of ketones is 1. The van der Waals surface area contributed by atoms with Gasteiger partial charge in [-0.2, -0.15) is 4.98 Å². The number of ether oxygens (including phenoxy) is 1. The Morgan fingerprint density at radius 3 is 2.68 bits per heavy atom. The number of carbonyl (C=O) groups excluding carboxylic acids is 1. The molecule has 1 heterocycles. The molecule has 5 nitrogen and oxygen atoms in total. The molecule has 0 atom stereocenters. The van der Waals surface area contributed by atoms with Gasteiger partial charge in [0.2, 0.25) is 11.7 Å². The predicted octanol–water partition coefficient (Wildman–Crippen LogP) is 2.64. The number of carbonyl (C=O) groups is 1. The monoisotopic (exact) mass is 266 g/mol. The fourth-order valence-electron chi connectivity index (χ4n) is 2.52. The summed E-state index contributed by atoms with van der Waals surface area (Å²) in [5.74, 6) is 1.12. The second-order valence-corrected chi connectivity index (χ2v) is 5.44. The first-order chi connectivity index (χ1) is 9.07. The van der Waals surface area contributed by atoms with E-state index in [4.69, 9.17) is 9.26 Å². The first kappa shape index (κ1) is 14.2. The van der Waals surface area contributed by atoms with Gasteiger partial charge in [-0.1, -0.05) is 19.0 Å². The van der Waals surface area contributed by atoms with Crippen LogP contribution in [0.2, 0.25) is 0 Å². The van der Waals surface area contributed by atoms with Crippen LogP contribution < -0.4 is 0 Å². The Hall–Kier alpha value is -1.23. The summed E-state index contributed by atoms with van der Waals surface area (Å²) in [6, 6.07) is 0. The van der Waals surface area contributed by atoms with Crippen molar-refractivity contribution >= 4 is 5.78 Å². The largest absolute Gasteiger partial charge is 0.367 e. The van der Waals surface area contributed by atoms with Gasteiger partial charge in [-0.3, -0.25) is 4.79 Å². The van der Waals surface area contributed by atoms with E-state index >= 15 is 0 Å². The van der Waals surface area contributed by atoms with Crippen molar-refractivity contribution in [2.75, 3.05) is 6.61 Å². The van der Waals surface area contributed by atoms with Crippen molar-refractivity contribution in [2.45, 2.75) is 58.5 Å². The van der Waals surface area contributed by atoms with E-state index in [9.17, 15) is 4.79 Å². The molecule has 1 aliphatic carbocycles. The third-order valence-corrected chi connectivity index (χ3v) is 3.68. The standard InChI is InChI=1S/C14H22N2O3/c1-4-18-14(7-5-6-8-14)13-15-12(19-16-13)9-11(17)10(2)3/h10H,4-9H2,1-3H3. The fraction of sp³-hybridized carbons (Fsp3) is 0.786. The molecule has 0 N–H and O–H groups in total. The van der Waals surface area contributed by atoms with Gasteiger partial charge < -0.3 is 9.26 Å². The molecule has 0 spiro atoms. The molecule has 0 aliphatic heterocycles. The van der Waals surface area contributed by atoms with E-state index in [0.717, 1.165) is 25.7 Å². The predicted molar refractivity (Wildman–Crippen MR) is 69.6 cm³/mol. The molecule has 1 saturated carbocycles. The number of rotatable bonds is 6. The molecule has 1 fully saturated rings. The Labute approximate surface area is 113 Å². The molecule has 106 valence electrons. The smallest absolute Gasteiger partial charge is 0.234 e. The van der Waals surface area contributed by atoms with Crippen LogP contribution in [0.5, 0.6) is 0 Å². The molecule has 1 aromatic rings. The van der Waals surface area contributed by atoms with Crippen LogP contribution in [0.3, 0.4) is 0 Å². The summed E-state index contributed by atoms with van der Waals surface area (Å²) in [6.45, 7) is 6.36. The van der Waals surface area contributed by atoms with E-state index in [0.29, 0.717) is 18.3 Å². The van der Waals surface area contributed by atoms with Gasteiger partial charge in [-0.15, -0.1) is 0 Å². The quantitative estimate of drug-likeness (QED) is 0.792. The second-order valence-electron chi connectivity index (χ2n) is 5.44. The maximum absolute atomic E-state index is 11.7. The fourth-order valence-corrected chi connectivity index (χ4v) is 2.52. The third-order valence-electron chi connectivity index (χ3n) is 3.68. The third kappa shape index (κ3) is 3.03. The highest BCUT2D eigenvalue weighted by Gasteiger charge is 2.40. The van der Waals surface area contributed by atoms with Crippen molar-refractivity contribution in [1.82, 2.24) is 10.1 Å². The molecule has 0 saturated heterocycles. The van der Waals surface area contributed by atoms with E-state index < -0.39 is 5.60 Å². The SMILES string of the molecule is CCOC1(c2noc(CC(=O)C(C)C)n2)CCCC1. The van der Waals surface area contributed by atoms with E-state index in [2.05, 4.69) is 10.1 Å². The van der Waals surface area contributed by atoms with Crippen LogP contribution in [0, 0.1) is 5.92 Å². The summed E-state index contributed by atoms with van der Waals surface area (Å²) in [7, 11) is 0. The van der Waals surface area contributed by atoms with Gasteiger partial charge in [0.05, 0.1) is 6.42 Å². The van der Waals surface area contributed by atoms with Crippen LogP contribution in [0.15, 0.2) is 4.52 Å². The highest BCUT2D eigenvalue weighted by molar-refractivity contribution is 5.81. The van der Waals surface area contributed by atoms with Crippen LogP contribution in [0.1, 0.15) is 58.2 Å². The van der Waals surface area contributed by atoms with Gasteiger partial charge >= 0.3 is 0 Å². The van der Waals surface area contributed by atoms with Crippen molar-refractivity contribution in [3.8, 4) is 0 Å². The normalized spacial score (nSPS) is 18.1. The summed E-state index contributed by atoms with van der Waals surface area (Å²) >= 11 is 0. The molecule has 2 rings (SSSR count). The molecule has 5 heteroatoms. The first-order valence-electron chi connectivity index (χ1n) is 7.07. The summed E-state index contributed by atoms with van der Waals surface area (Å²) in [4.78, 5) is 16.1. The van der Waals surface area contributed by atoms with E-state index in [1.165, 1.54) is 0 Å². The molecule has 0 amide bonds. The van der Waals surface area contributed by atoms with Crippen molar-refractivity contribution in [2.24, 2.45) is 5.92 Å². The van der Waals surface area contributed by atoms with Crippen LogP contribution in [0.4, 0.5) is 0 Å². The average Bonchev–Trinajstić information content (AvgIpc) is 2.99. The van der Waals surface area contributed by atoms with Gasteiger partial charge in [0.15, 0.2) is 0 Å². The summed E-state index contributed by atoms with van der Waals surface area (Å²) in [5.41, 5.74) is -0.391. The lowest BCUT2D eigenvalue weighted by Gasteiger charge is -2.24. The molecule has 19 heavy (non-hydrogen) atoms. The summed E-state index contributed by atoms with van der Waals surface area (Å²) in [5, 5.41) is 4.04. The molecule has 0 bridgehead atoms. The highest BCUT2D eigenvalue weighted by atomic mass is 16.5. The molecule has 0 aromatic carbocycles. The van der Waals surface area contributed by atoms with Crippen LogP contribution in [-0.4, -0.2) is 22.5 Å². The van der Waals surface area contributed by atoms with Crippen molar-refractivity contribution in [3.05, 3.63) is 11.7 Å². The maximum Gasteiger partial charge on any atom is 0.234 e. The number of nitrogens with zero attached hydrogens (tertiary/aromatic N) is 2. The molecular formula is C14H22N2O3. The Kier molecular flexibility index (Phi) is 4.34. The van der Waals surface area contributed by atoms with Crippen molar-refractivity contribution < 1.29 is 14.1 Å². The second kappa shape index (κ2) is 5.82. The molecular weight excluding hydrogens is 244 g/mol. The zero-order chi connectivity index (χ0) is 13.9. The zero-order valence-corrected chi connectivity index (χ0v) is 11.9. The van der Waals surface area contributed by atoms with E-state index in [-0.39, 0.29) is 18.1 Å².